The van der Waals surface area contributed by atoms with Crippen LogP contribution in [0.4, 0.5) is 0 Å². The predicted molar refractivity (Wildman–Crippen MR) is 93.9 cm³/mol. The van der Waals surface area contributed by atoms with Gasteiger partial charge >= 0.3 is 0 Å². The SMILES string of the molecule is Cn1nc(C(C)(C)C)cc1C(=O)N1CCc2cc(C(=O)NO)sc2C1. The molecule has 0 aliphatic carbocycles. The van der Waals surface area contributed by atoms with E-state index in [-0.39, 0.29) is 11.3 Å². The van der Waals surface area contributed by atoms with Crippen LogP contribution >= 0.6 is 11.3 Å². The van der Waals surface area contributed by atoms with E-state index in [1.165, 1.54) is 11.3 Å². The number of nitrogens with one attached hydrogen (secondary N) is 1. The van der Waals surface area contributed by atoms with Crippen LogP contribution in [0.1, 0.15) is 57.1 Å². The quantitative estimate of drug-likeness (QED) is 0.633. The van der Waals surface area contributed by atoms with E-state index in [1.807, 2.05) is 6.07 Å². The molecule has 0 radical (unpaired) electrons. The Bertz CT molecular complexity index is 832. The molecular weight excluding hydrogens is 340 g/mol. The van der Waals surface area contributed by atoms with Gasteiger partial charge in [-0.15, -0.1) is 11.3 Å². The van der Waals surface area contributed by atoms with E-state index in [1.54, 1.807) is 28.2 Å². The minimum atomic E-state index is -0.515. The fourth-order valence-corrected chi connectivity index (χ4v) is 3.97. The highest BCUT2D eigenvalue weighted by atomic mass is 32.1. The number of thiophene rings is 1. The van der Waals surface area contributed by atoms with Gasteiger partial charge in [0, 0.05) is 23.9 Å². The van der Waals surface area contributed by atoms with Crippen molar-refractivity contribution >= 4 is 23.2 Å². The summed E-state index contributed by atoms with van der Waals surface area (Å²) in [7, 11) is 1.78. The van der Waals surface area contributed by atoms with Crippen molar-refractivity contribution in [1.82, 2.24) is 20.2 Å². The minimum Gasteiger partial charge on any atom is -0.332 e. The van der Waals surface area contributed by atoms with E-state index >= 15 is 0 Å². The van der Waals surface area contributed by atoms with Gasteiger partial charge in [-0.2, -0.15) is 5.10 Å². The molecule has 2 N–H and O–H groups in total. The fourth-order valence-electron chi connectivity index (χ4n) is 2.86. The summed E-state index contributed by atoms with van der Waals surface area (Å²) in [6, 6.07) is 3.64. The Kier molecular flexibility index (Phi) is 4.42. The molecule has 0 aromatic carbocycles. The lowest BCUT2D eigenvalue weighted by Gasteiger charge is -2.26. The van der Waals surface area contributed by atoms with Crippen LogP contribution in [0.25, 0.3) is 0 Å². The van der Waals surface area contributed by atoms with Crippen molar-refractivity contribution in [3.8, 4) is 0 Å². The first-order chi connectivity index (χ1) is 11.7. The molecule has 0 bridgehead atoms. The topological polar surface area (TPSA) is 87.5 Å². The third-order valence-corrected chi connectivity index (χ3v) is 5.52. The molecule has 2 aromatic heterocycles. The molecule has 0 atom stereocenters. The molecule has 0 saturated heterocycles. The van der Waals surface area contributed by atoms with Crippen LogP contribution in [0.15, 0.2) is 12.1 Å². The number of aromatic nitrogens is 2. The van der Waals surface area contributed by atoms with Gasteiger partial charge in [0.1, 0.15) is 5.69 Å². The Morgan fingerprint density at radius 3 is 2.64 bits per heavy atom. The summed E-state index contributed by atoms with van der Waals surface area (Å²) in [5.74, 6) is -0.573. The number of rotatable bonds is 2. The summed E-state index contributed by atoms with van der Waals surface area (Å²) in [6.07, 6.45) is 0.695. The molecular formula is C17H22N4O3S. The van der Waals surface area contributed by atoms with Gasteiger partial charge in [0.25, 0.3) is 11.8 Å². The highest BCUT2D eigenvalue weighted by Crippen LogP contribution is 2.29. The van der Waals surface area contributed by atoms with E-state index in [9.17, 15) is 9.59 Å². The van der Waals surface area contributed by atoms with Crippen molar-refractivity contribution in [2.45, 2.75) is 39.2 Å². The number of nitrogens with zero attached hydrogens (tertiary/aromatic N) is 3. The first kappa shape index (κ1) is 17.6. The van der Waals surface area contributed by atoms with Crippen molar-refractivity contribution in [2.75, 3.05) is 6.54 Å². The van der Waals surface area contributed by atoms with Gasteiger partial charge in [0.05, 0.1) is 17.1 Å². The molecule has 0 spiro atoms. The molecule has 0 unspecified atom stereocenters. The Balaban J connectivity index is 1.82. The van der Waals surface area contributed by atoms with Gasteiger partial charge < -0.3 is 4.90 Å². The van der Waals surface area contributed by atoms with Crippen molar-refractivity contribution in [2.24, 2.45) is 7.05 Å². The van der Waals surface area contributed by atoms with Gasteiger partial charge in [0.15, 0.2) is 0 Å². The summed E-state index contributed by atoms with van der Waals surface area (Å²) >= 11 is 1.31. The highest BCUT2D eigenvalue weighted by Gasteiger charge is 2.28. The maximum atomic E-state index is 12.9. The molecule has 25 heavy (non-hydrogen) atoms. The predicted octanol–water partition coefficient (Wildman–Crippen LogP) is 2.10. The number of carbonyl (C=O) groups is 2. The summed E-state index contributed by atoms with van der Waals surface area (Å²) in [6.45, 7) is 7.26. The molecule has 134 valence electrons. The van der Waals surface area contributed by atoms with Crippen molar-refractivity contribution < 1.29 is 14.8 Å². The monoisotopic (exact) mass is 362 g/mol. The normalized spacial score (nSPS) is 14.4. The second-order valence-electron chi connectivity index (χ2n) is 7.27. The third kappa shape index (κ3) is 3.32. The number of hydrogen-bond donors (Lipinski definition) is 2. The van der Waals surface area contributed by atoms with E-state index in [0.717, 1.165) is 16.1 Å². The zero-order valence-electron chi connectivity index (χ0n) is 14.8. The first-order valence-corrected chi connectivity index (χ1v) is 8.92. The van der Waals surface area contributed by atoms with E-state index in [0.29, 0.717) is 30.1 Å². The standard InChI is InChI=1S/C17H22N4O3S/c1-17(2,3)14-8-11(20(4)18-14)16(23)21-6-5-10-7-12(15(22)19-24)25-13(10)9-21/h7-8,24H,5-6,9H2,1-4H3,(H,19,22). The van der Waals surface area contributed by atoms with Gasteiger partial charge in [-0.25, -0.2) is 5.48 Å². The van der Waals surface area contributed by atoms with Crippen molar-refractivity contribution in [3.63, 3.8) is 0 Å². The minimum absolute atomic E-state index is 0.0577. The smallest absolute Gasteiger partial charge is 0.284 e. The van der Waals surface area contributed by atoms with Crippen LogP contribution in [0.3, 0.4) is 0 Å². The molecule has 0 fully saturated rings. The number of hydrogen-bond acceptors (Lipinski definition) is 5. The molecule has 1 aliphatic heterocycles. The molecule has 0 saturated carbocycles. The van der Waals surface area contributed by atoms with Gasteiger partial charge in [-0.1, -0.05) is 20.8 Å². The summed E-state index contributed by atoms with van der Waals surface area (Å²) in [5.41, 5.74) is 4.05. The fraction of sp³-hybridized carbons (Fsp3) is 0.471. The lowest BCUT2D eigenvalue weighted by atomic mass is 9.92. The van der Waals surface area contributed by atoms with Gasteiger partial charge in [-0.3, -0.25) is 19.5 Å². The van der Waals surface area contributed by atoms with Gasteiger partial charge in [-0.05, 0) is 24.1 Å². The highest BCUT2D eigenvalue weighted by molar-refractivity contribution is 7.14. The molecule has 2 aromatic rings. The number of amides is 2. The largest absolute Gasteiger partial charge is 0.332 e. The summed E-state index contributed by atoms with van der Waals surface area (Å²) in [4.78, 5) is 27.7. The average Bonchev–Trinajstić information content (AvgIpc) is 3.15. The first-order valence-electron chi connectivity index (χ1n) is 8.10. The second kappa shape index (κ2) is 6.27. The third-order valence-electron chi connectivity index (χ3n) is 4.36. The van der Waals surface area contributed by atoms with Crippen LogP contribution < -0.4 is 5.48 Å². The number of aryl methyl sites for hydroxylation is 1. The maximum Gasteiger partial charge on any atom is 0.284 e. The Hall–Kier alpha value is -2.19. The van der Waals surface area contributed by atoms with E-state index in [4.69, 9.17) is 5.21 Å². The number of hydroxylamine groups is 1. The second-order valence-corrected chi connectivity index (χ2v) is 8.40. The molecule has 1 aliphatic rings. The van der Waals surface area contributed by atoms with Crippen LogP contribution in [-0.2, 0) is 25.4 Å². The zero-order chi connectivity index (χ0) is 18.4. The Morgan fingerprint density at radius 2 is 2.04 bits per heavy atom. The molecule has 2 amide bonds. The van der Waals surface area contributed by atoms with Gasteiger partial charge in [0.2, 0.25) is 0 Å². The molecule has 3 rings (SSSR count). The van der Waals surface area contributed by atoms with Crippen LogP contribution in [0, 0.1) is 0 Å². The van der Waals surface area contributed by atoms with E-state index in [2.05, 4.69) is 25.9 Å². The average molecular weight is 362 g/mol. The lowest BCUT2D eigenvalue weighted by Crippen LogP contribution is -2.36. The van der Waals surface area contributed by atoms with E-state index < -0.39 is 5.91 Å². The van der Waals surface area contributed by atoms with Crippen molar-refractivity contribution in [1.29, 1.82) is 0 Å². The molecule has 8 heteroatoms. The van der Waals surface area contributed by atoms with Crippen molar-refractivity contribution in [3.05, 3.63) is 38.8 Å². The Labute approximate surface area is 150 Å². The lowest BCUT2D eigenvalue weighted by molar-refractivity contribution is 0.0708. The Morgan fingerprint density at radius 1 is 1.32 bits per heavy atom. The van der Waals surface area contributed by atoms with Crippen LogP contribution in [0.5, 0.6) is 0 Å². The number of fused-ring (bicyclic) bond motifs is 1. The van der Waals surface area contributed by atoms with Crippen LogP contribution in [0.2, 0.25) is 0 Å². The zero-order valence-corrected chi connectivity index (χ0v) is 15.6. The van der Waals surface area contributed by atoms with Crippen LogP contribution in [-0.4, -0.2) is 38.2 Å². The summed E-state index contributed by atoms with van der Waals surface area (Å²) < 4.78 is 1.64. The maximum absolute atomic E-state index is 12.9. The summed E-state index contributed by atoms with van der Waals surface area (Å²) in [5, 5.41) is 13.2. The molecule has 3 heterocycles. The number of carbonyl (C=O) groups excluding carboxylic acids is 2. The molecule has 7 nitrogen and oxygen atoms in total.